The molecule has 2 aliphatic heterocycles. The molecule has 0 bridgehead atoms. The number of rotatable bonds is 5. The summed E-state index contributed by atoms with van der Waals surface area (Å²) >= 11 is 0. The summed E-state index contributed by atoms with van der Waals surface area (Å²) in [4.78, 5) is 41.0. The summed E-state index contributed by atoms with van der Waals surface area (Å²) in [6.07, 6.45) is 1.77. The average Bonchev–Trinajstić information content (AvgIpc) is 3.09. The van der Waals surface area contributed by atoms with E-state index in [0.29, 0.717) is 32.2 Å². The van der Waals surface area contributed by atoms with Crippen molar-refractivity contribution in [1.82, 2.24) is 4.90 Å². The monoisotopic (exact) mass is 386 g/mol. The molecule has 1 aromatic rings. The fraction of sp³-hybridized carbons (Fsp3) is 0.591. The molecule has 0 N–H and O–H groups in total. The summed E-state index contributed by atoms with van der Waals surface area (Å²) in [6.45, 7) is 7.84. The summed E-state index contributed by atoms with van der Waals surface area (Å²) in [5.41, 5.74) is 2.06. The van der Waals surface area contributed by atoms with Gasteiger partial charge in [0.25, 0.3) is 0 Å². The van der Waals surface area contributed by atoms with Crippen molar-refractivity contribution in [3.63, 3.8) is 0 Å². The van der Waals surface area contributed by atoms with Crippen molar-refractivity contribution >= 4 is 23.5 Å². The van der Waals surface area contributed by atoms with E-state index < -0.39 is 0 Å². The van der Waals surface area contributed by atoms with Crippen LogP contribution in [0.2, 0.25) is 0 Å². The van der Waals surface area contributed by atoms with Crippen LogP contribution in [0, 0.1) is 11.8 Å². The molecular formula is C22H30N2O4. The molecule has 6 nitrogen and oxygen atoms in total. The molecule has 3 rings (SSSR count). The normalized spacial score (nSPS) is 22.6. The van der Waals surface area contributed by atoms with Crippen LogP contribution in [-0.4, -0.2) is 48.9 Å². The first-order valence-corrected chi connectivity index (χ1v) is 10.3. The van der Waals surface area contributed by atoms with Crippen molar-refractivity contribution in [2.75, 3.05) is 31.1 Å². The Morgan fingerprint density at radius 1 is 1.14 bits per heavy atom. The van der Waals surface area contributed by atoms with Crippen molar-refractivity contribution in [2.24, 2.45) is 11.8 Å². The summed E-state index contributed by atoms with van der Waals surface area (Å²) in [5, 5.41) is 0. The number of carbonyl (C=O) groups excluding carboxylic acids is 3. The molecule has 0 aliphatic carbocycles. The number of piperidine rings is 1. The van der Waals surface area contributed by atoms with Gasteiger partial charge in [-0.2, -0.15) is 0 Å². The zero-order valence-electron chi connectivity index (χ0n) is 17.0. The SMILES string of the molecule is CCOC(=O)[C@@H]1CCCN(C(=O)[C@@H]2CC(=O)N(c3ccc(C(C)C)cc3)C2)C1. The highest BCUT2D eigenvalue weighted by Crippen LogP contribution is 2.29. The molecule has 2 fully saturated rings. The van der Waals surface area contributed by atoms with Gasteiger partial charge in [0.1, 0.15) is 0 Å². The number of nitrogens with zero attached hydrogens (tertiary/aromatic N) is 2. The first-order chi connectivity index (χ1) is 13.4. The summed E-state index contributed by atoms with van der Waals surface area (Å²) in [7, 11) is 0. The highest BCUT2D eigenvalue weighted by Gasteiger charge is 2.39. The van der Waals surface area contributed by atoms with Crippen LogP contribution in [-0.2, 0) is 19.1 Å². The smallest absolute Gasteiger partial charge is 0.310 e. The van der Waals surface area contributed by atoms with Crippen LogP contribution in [0.3, 0.4) is 0 Å². The standard InChI is InChI=1S/C22H30N2O4/c1-4-28-22(27)17-6-5-11-23(13-17)21(26)18-12-20(25)24(14-18)19-9-7-16(8-10-19)15(2)3/h7-10,15,17-18H,4-6,11-14H2,1-3H3/t17-,18-/m1/s1. The van der Waals surface area contributed by atoms with Crippen LogP contribution >= 0.6 is 0 Å². The molecule has 28 heavy (non-hydrogen) atoms. The molecular weight excluding hydrogens is 356 g/mol. The minimum atomic E-state index is -0.349. The number of anilines is 1. The van der Waals surface area contributed by atoms with E-state index in [1.807, 2.05) is 24.3 Å². The Balaban J connectivity index is 1.64. The van der Waals surface area contributed by atoms with Gasteiger partial charge in [-0.05, 0) is 43.4 Å². The average molecular weight is 386 g/mol. The van der Waals surface area contributed by atoms with E-state index in [1.165, 1.54) is 5.56 Å². The van der Waals surface area contributed by atoms with Gasteiger partial charge in [0.05, 0.1) is 18.4 Å². The van der Waals surface area contributed by atoms with Gasteiger partial charge in [-0.3, -0.25) is 14.4 Å². The third kappa shape index (κ3) is 4.37. The number of likely N-dealkylation sites (tertiary alicyclic amines) is 1. The molecule has 0 radical (unpaired) electrons. The Bertz CT molecular complexity index is 729. The number of esters is 1. The largest absolute Gasteiger partial charge is 0.466 e. The molecule has 0 unspecified atom stereocenters. The first-order valence-electron chi connectivity index (χ1n) is 10.3. The van der Waals surface area contributed by atoms with E-state index in [0.717, 1.165) is 18.5 Å². The van der Waals surface area contributed by atoms with Gasteiger partial charge in [-0.1, -0.05) is 26.0 Å². The lowest BCUT2D eigenvalue weighted by atomic mass is 9.96. The molecule has 2 amide bonds. The van der Waals surface area contributed by atoms with Crippen molar-refractivity contribution in [2.45, 2.75) is 46.0 Å². The molecule has 6 heteroatoms. The molecule has 0 aromatic heterocycles. The molecule has 0 spiro atoms. The second kappa shape index (κ2) is 8.76. The maximum atomic E-state index is 13.0. The quantitative estimate of drug-likeness (QED) is 0.730. The topological polar surface area (TPSA) is 66.9 Å². The van der Waals surface area contributed by atoms with Crippen LogP contribution in [0.1, 0.15) is 51.5 Å². The van der Waals surface area contributed by atoms with Gasteiger partial charge in [-0.15, -0.1) is 0 Å². The van der Waals surface area contributed by atoms with E-state index in [4.69, 9.17) is 4.74 Å². The molecule has 2 saturated heterocycles. The lowest BCUT2D eigenvalue weighted by Crippen LogP contribution is -2.45. The molecule has 2 heterocycles. The van der Waals surface area contributed by atoms with E-state index in [2.05, 4.69) is 13.8 Å². The maximum Gasteiger partial charge on any atom is 0.310 e. The Labute approximate surface area is 166 Å². The minimum absolute atomic E-state index is 0.0189. The Hall–Kier alpha value is -2.37. The number of benzene rings is 1. The van der Waals surface area contributed by atoms with Crippen LogP contribution in [0.5, 0.6) is 0 Å². The zero-order chi connectivity index (χ0) is 20.3. The summed E-state index contributed by atoms with van der Waals surface area (Å²) in [6, 6.07) is 7.99. The van der Waals surface area contributed by atoms with Gasteiger partial charge in [0.2, 0.25) is 11.8 Å². The predicted octanol–water partition coefficient (Wildman–Crippen LogP) is 2.96. The fourth-order valence-electron chi connectivity index (χ4n) is 4.05. The van der Waals surface area contributed by atoms with Crippen LogP contribution < -0.4 is 4.90 Å². The second-order valence-corrected chi connectivity index (χ2v) is 8.03. The van der Waals surface area contributed by atoms with E-state index in [-0.39, 0.29) is 36.0 Å². The van der Waals surface area contributed by atoms with Gasteiger partial charge < -0.3 is 14.5 Å². The molecule has 0 saturated carbocycles. The van der Waals surface area contributed by atoms with Gasteiger partial charge in [0.15, 0.2) is 0 Å². The predicted molar refractivity (Wildman–Crippen MR) is 107 cm³/mol. The molecule has 2 aliphatic rings. The van der Waals surface area contributed by atoms with Crippen molar-refractivity contribution in [3.05, 3.63) is 29.8 Å². The van der Waals surface area contributed by atoms with Crippen molar-refractivity contribution in [1.29, 1.82) is 0 Å². The van der Waals surface area contributed by atoms with E-state index in [9.17, 15) is 14.4 Å². The summed E-state index contributed by atoms with van der Waals surface area (Å²) < 4.78 is 5.11. The fourth-order valence-corrected chi connectivity index (χ4v) is 4.05. The van der Waals surface area contributed by atoms with Gasteiger partial charge >= 0.3 is 5.97 Å². The van der Waals surface area contributed by atoms with E-state index in [1.54, 1.807) is 16.7 Å². The molecule has 1 aromatic carbocycles. The number of ether oxygens (including phenoxy) is 1. The molecule has 2 atom stereocenters. The third-order valence-corrected chi connectivity index (χ3v) is 5.70. The summed E-state index contributed by atoms with van der Waals surface area (Å²) in [5.74, 6) is -0.440. The van der Waals surface area contributed by atoms with Crippen molar-refractivity contribution in [3.8, 4) is 0 Å². The van der Waals surface area contributed by atoms with E-state index >= 15 is 0 Å². The third-order valence-electron chi connectivity index (χ3n) is 5.70. The Morgan fingerprint density at radius 2 is 1.86 bits per heavy atom. The minimum Gasteiger partial charge on any atom is -0.466 e. The number of hydrogen-bond acceptors (Lipinski definition) is 4. The number of carbonyl (C=O) groups is 3. The van der Waals surface area contributed by atoms with Crippen LogP contribution in [0.15, 0.2) is 24.3 Å². The van der Waals surface area contributed by atoms with Gasteiger partial charge in [0, 0.05) is 31.7 Å². The second-order valence-electron chi connectivity index (χ2n) is 8.03. The van der Waals surface area contributed by atoms with Crippen LogP contribution in [0.25, 0.3) is 0 Å². The van der Waals surface area contributed by atoms with Crippen molar-refractivity contribution < 1.29 is 19.1 Å². The number of amides is 2. The lowest BCUT2D eigenvalue weighted by molar-refractivity contribution is -0.152. The number of hydrogen-bond donors (Lipinski definition) is 0. The van der Waals surface area contributed by atoms with Crippen LogP contribution in [0.4, 0.5) is 5.69 Å². The Kier molecular flexibility index (Phi) is 6.37. The zero-order valence-corrected chi connectivity index (χ0v) is 17.0. The molecule has 152 valence electrons. The highest BCUT2D eigenvalue weighted by molar-refractivity contribution is 6.00. The highest BCUT2D eigenvalue weighted by atomic mass is 16.5. The van der Waals surface area contributed by atoms with Gasteiger partial charge in [-0.25, -0.2) is 0 Å². The maximum absolute atomic E-state index is 13.0. The lowest BCUT2D eigenvalue weighted by Gasteiger charge is -2.33. The first kappa shape index (κ1) is 20.4. The Morgan fingerprint density at radius 3 is 2.50 bits per heavy atom.